The molecule has 0 atom stereocenters. The van der Waals surface area contributed by atoms with Crippen molar-refractivity contribution < 1.29 is 4.52 Å². The van der Waals surface area contributed by atoms with Gasteiger partial charge in [-0.2, -0.15) is 0 Å². The molecule has 2 heterocycles. The van der Waals surface area contributed by atoms with Crippen molar-refractivity contribution in [2.75, 3.05) is 5.32 Å². The summed E-state index contributed by atoms with van der Waals surface area (Å²) in [5.41, 5.74) is 3.25. The highest BCUT2D eigenvalue weighted by Gasteiger charge is 2.07. The number of nitrogens with zero attached hydrogens (tertiary/aromatic N) is 3. The molecule has 2 aromatic carbocycles. The highest BCUT2D eigenvalue weighted by molar-refractivity contribution is 5.81. The number of hydrogen-bond donors (Lipinski definition) is 1. The van der Waals surface area contributed by atoms with Crippen LogP contribution in [0.1, 0.15) is 5.76 Å². The molecule has 124 valence electrons. The fourth-order valence-corrected chi connectivity index (χ4v) is 2.65. The minimum atomic E-state index is -0.0697. The number of aryl methyl sites for hydroxylation is 1. The summed E-state index contributed by atoms with van der Waals surface area (Å²) in [6.07, 6.45) is 1.53. The van der Waals surface area contributed by atoms with Gasteiger partial charge in [-0.25, -0.2) is 4.98 Å². The van der Waals surface area contributed by atoms with Crippen molar-refractivity contribution in [3.63, 3.8) is 0 Å². The molecule has 0 amide bonds. The molecule has 0 saturated heterocycles. The van der Waals surface area contributed by atoms with E-state index in [4.69, 9.17) is 4.52 Å². The lowest BCUT2D eigenvalue weighted by molar-refractivity contribution is 0.390. The van der Waals surface area contributed by atoms with Crippen LogP contribution in [-0.4, -0.2) is 14.7 Å². The molecular weight excluding hydrogens is 316 g/mol. The summed E-state index contributed by atoms with van der Waals surface area (Å²) in [6, 6.07) is 17.3. The van der Waals surface area contributed by atoms with Crippen LogP contribution in [0.2, 0.25) is 0 Å². The zero-order valence-corrected chi connectivity index (χ0v) is 13.6. The van der Waals surface area contributed by atoms with E-state index in [0.29, 0.717) is 17.4 Å². The summed E-state index contributed by atoms with van der Waals surface area (Å²) in [5, 5.41) is 7.93. The maximum absolute atomic E-state index is 12.2. The Morgan fingerprint density at radius 1 is 1.12 bits per heavy atom. The quantitative estimate of drug-likeness (QED) is 0.621. The second kappa shape index (κ2) is 6.24. The Labute approximate surface area is 143 Å². The van der Waals surface area contributed by atoms with E-state index in [1.807, 2.05) is 48.5 Å². The second-order valence-corrected chi connectivity index (χ2v) is 5.79. The van der Waals surface area contributed by atoms with E-state index >= 15 is 0 Å². The van der Waals surface area contributed by atoms with E-state index < -0.39 is 0 Å². The van der Waals surface area contributed by atoms with Crippen molar-refractivity contribution in [3.8, 4) is 11.3 Å². The summed E-state index contributed by atoms with van der Waals surface area (Å²) < 4.78 is 6.85. The topological polar surface area (TPSA) is 73.0 Å². The van der Waals surface area contributed by atoms with E-state index in [-0.39, 0.29) is 5.56 Å². The number of benzene rings is 2. The zero-order valence-electron chi connectivity index (χ0n) is 13.6. The maximum atomic E-state index is 12.2. The van der Waals surface area contributed by atoms with Crippen LogP contribution in [-0.2, 0) is 13.6 Å². The Balaban J connectivity index is 1.54. The van der Waals surface area contributed by atoms with Gasteiger partial charge in [0.05, 0.1) is 23.8 Å². The highest BCUT2D eigenvalue weighted by Crippen LogP contribution is 2.20. The minimum absolute atomic E-state index is 0.0697. The maximum Gasteiger partial charge on any atom is 0.260 e. The number of anilines is 1. The van der Waals surface area contributed by atoms with Crippen molar-refractivity contribution in [1.82, 2.24) is 14.7 Å². The molecule has 0 aliphatic rings. The van der Waals surface area contributed by atoms with Gasteiger partial charge in [0, 0.05) is 24.4 Å². The first-order chi connectivity index (χ1) is 12.2. The van der Waals surface area contributed by atoms with Crippen molar-refractivity contribution in [3.05, 3.63) is 77.0 Å². The van der Waals surface area contributed by atoms with Gasteiger partial charge in [-0.1, -0.05) is 35.5 Å². The third-order valence-corrected chi connectivity index (χ3v) is 4.01. The molecule has 4 aromatic rings. The Morgan fingerprint density at radius 3 is 2.80 bits per heavy atom. The molecule has 4 rings (SSSR count). The lowest BCUT2D eigenvalue weighted by Crippen LogP contribution is -2.17. The monoisotopic (exact) mass is 332 g/mol. The van der Waals surface area contributed by atoms with Gasteiger partial charge in [0.2, 0.25) is 0 Å². The van der Waals surface area contributed by atoms with E-state index in [1.165, 1.54) is 10.9 Å². The number of hydrogen-bond acceptors (Lipinski definition) is 5. The molecule has 0 radical (unpaired) electrons. The molecule has 6 nitrogen and oxygen atoms in total. The van der Waals surface area contributed by atoms with Crippen molar-refractivity contribution in [2.24, 2.45) is 7.05 Å². The molecule has 6 heteroatoms. The molecule has 0 bridgehead atoms. The Hall–Kier alpha value is -3.41. The van der Waals surface area contributed by atoms with Gasteiger partial charge in [-0.3, -0.25) is 4.79 Å². The number of aromatic nitrogens is 3. The number of fused-ring (bicyclic) bond motifs is 1. The lowest BCUT2D eigenvalue weighted by Gasteiger charge is -2.06. The van der Waals surface area contributed by atoms with Gasteiger partial charge < -0.3 is 14.4 Å². The van der Waals surface area contributed by atoms with Crippen LogP contribution in [0.15, 0.2) is 70.2 Å². The van der Waals surface area contributed by atoms with E-state index in [0.717, 1.165) is 22.7 Å². The van der Waals surface area contributed by atoms with Crippen LogP contribution in [0, 0.1) is 0 Å². The SMILES string of the molecule is Cn1cnc2ccc(NCc3cc(-c4ccccc4)no3)cc2c1=O. The van der Waals surface area contributed by atoms with Crippen molar-refractivity contribution in [2.45, 2.75) is 6.54 Å². The predicted molar refractivity (Wildman–Crippen MR) is 96.2 cm³/mol. The summed E-state index contributed by atoms with van der Waals surface area (Å²) in [6.45, 7) is 0.478. The third-order valence-electron chi connectivity index (χ3n) is 4.01. The standard InChI is InChI=1S/C19H16N4O2/c1-23-12-21-17-8-7-14(9-16(17)19(23)24)20-11-15-10-18(22-25-15)13-5-3-2-4-6-13/h2-10,12,20H,11H2,1H3. The van der Waals surface area contributed by atoms with E-state index in [9.17, 15) is 4.79 Å². The molecule has 0 aliphatic heterocycles. The van der Waals surface area contributed by atoms with E-state index in [1.54, 1.807) is 13.1 Å². The average molecular weight is 332 g/mol. The first-order valence-corrected chi connectivity index (χ1v) is 7.91. The molecular formula is C19H16N4O2. The Bertz CT molecular complexity index is 1080. The lowest BCUT2D eigenvalue weighted by atomic mass is 10.1. The molecule has 1 N–H and O–H groups in total. The highest BCUT2D eigenvalue weighted by atomic mass is 16.5. The van der Waals surface area contributed by atoms with Gasteiger partial charge in [-0.15, -0.1) is 0 Å². The van der Waals surface area contributed by atoms with Crippen LogP contribution in [0.4, 0.5) is 5.69 Å². The fraction of sp³-hybridized carbons (Fsp3) is 0.105. The molecule has 0 saturated carbocycles. The van der Waals surface area contributed by atoms with Gasteiger partial charge >= 0.3 is 0 Å². The van der Waals surface area contributed by atoms with Gasteiger partial charge in [-0.05, 0) is 18.2 Å². The minimum Gasteiger partial charge on any atom is -0.378 e. The van der Waals surface area contributed by atoms with Crippen LogP contribution in [0.25, 0.3) is 22.2 Å². The number of rotatable bonds is 4. The molecule has 0 fully saturated rings. The summed E-state index contributed by atoms with van der Waals surface area (Å²) in [7, 11) is 1.69. The summed E-state index contributed by atoms with van der Waals surface area (Å²) in [5.74, 6) is 0.720. The molecule has 2 aromatic heterocycles. The molecule has 0 spiro atoms. The number of nitrogens with one attached hydrogen (secondary N) is 1. The van der Waals surface area contributed by atoms with Crippen molar-refractivity contribution in [1.29, 1.82) is 0 Å². The van der Waals surface area contributed by atoms with Crippen molar-refractivity contribution >= 4 is 16.6 Å². The summed E-state index contributed by atoms with van der Waals surface area (Å²) in [4.78, 5) is 16.4. The van der Waals surface area contributed by atoms with Crippen LogP contribution in [0.5, 0.6) is 0 Å². The largest absolute Gasteiger partial charge is 0.378 e. The normalized spacial score (nSPS) is 10.9. The summed E-state index contributed by atoms with van der Waals surface area (Å²) >= 11 is 0. The van der Waals surface area contributed by atoms with Crippen LogP contribution >= 0.6 is 0 Å². The van der Waals surface area contributed by atoms with E-state index in [2.05, 4.69) is 15.5 Å². The second-order valence-electron chi connectivity index (χ2n) is 5.79. The smallest absolute Gasteiger partial charge is 0.260 e. The first-order valence-electron chi connectivity index (χ1n) is 7.91. The first kappa shape index (κ1) is 15.1. The molecule has 25 heavy (non-hydrogen) atoms. The fourth-order valence-electron chi connectivity index (χ4n) is 2.65. The average Bonchev–Trinajstić information content (AvgIpc) is 3.13. The predicted octanol–water partition coefficient (Wildman–Crippen LogP) is 3.20. The zero-order chi connectivity index (χ0) is 17.2. The van der Waals surface area contributed by atoms with Gasteiger partial charge in [0.1, 0.15) is 5.69 Å². The molecule has 0 unspecified atom stereocenters. The Kier molecular flexibility index (Phi) is 3.78. The molecule has 0 aliphatic carbocycles. The van der Waals surface area contributed by atoms with Crippen LogP contribution in [0.3, 0.4) is 0 Å². The van der Waals surface area contributed by atoms with Gasteiger partial charge in [0.25, 0.3) is 5.56 Å². The Morgan fingerprint density at radius 2 is 1.96 bits per heavy atom. The third kappa shape index (κ3) is 3.01. The van der Waals surface area contributed by atoms with Gasteiger partial charge in [0.15, 0.2) is 5.76 Å². The van der Waals surface area contributed by atoms with Crippen LogP contribution < -0.4 is 10.9 Å².